The van der Waals surface area contributed by atoms with Crippen molar-refractivity contribution in [1.29, 1.82) is 0 Å². The molecule has 0 saturated carbocycles. The molecule has 1 aromatic carbocycles. The number of nitrogens with one attached hydrogen (secondary N) is 1. The lowest BCUT2D eigenvalue weighted by atomic mass is 10.3. The SMILES string of the molecule is CCn1c(N2CCN(C(=O)Nc3ccccc3)CC2)nc2c(C)nn(C)c2c1=O. The largest absolute Gasteiger partial charge is 0.339 e. The maximum atomic E-state index is 13.0. The molecule has 1 aliphatic heterocycles. The van der Waals surface area contributed by atoms with Crippen LogP contribution in [0, 0.1) is 6.92 Å². The Morgan fingerprint density at radius 3 is 2.48 bits per heavy atom. The molecule has 9 heteroatoms. The highest BCUT2D eigenvalue weighted by Gasteiger charge is 2.25. The molecule has 0 unspecified atom stereocenters. The fourth-order valence-corrected chi connectivity index (χ4v) is 3.76. The summed E-state index contributed by atoms with van der Waals surface area (Å²) < 4.78 is 3.28. The lowest BCUT2D eigenvalue weighted by Gasteiger charge is -2.36. The molecule has 29 heavy (non-hydrogen) atoms. The number of hydrogen-bond acceptors (Lipinski definition) is 5. The van der Waals surface area contributed by atoms with Gasteiger partial charge in [-0.2, -0.15) is 5.10 Å². The average Bonchev–Trinajstić information content (AvgIpc) is 3.02. The molecule has 0 radical (unpaired) electrons. The van der Waals surface area contributed by atoms with Crippen molar-refractivity contribution in [2.75, 3.05) is 36.4 Å². The van der Waals surface area contributed by atoms with Crippen LogP contribution in [-0.2, 0) is 13.6 Å². The molecule has 4 rings (SSSR count). The van der Waals surface area contributed by atoms with Gasteiger partial charge in [-0.15, -0.1) is 0 Å². The topological polar surface area (TPSA) is 88.3 Å². The van der Waals surface area contributed by atoms with E-state index in [1.165, 1.54) is 0 Å². The first-order valence-electron chi connectivity index (χ1n) is 9.79. The second kappa shape index (κ2) is 7.57. The number of carbonyl (C=O) groups excluding carboxylic acids is 1. The van der Waals surface area contributed by atoms with Gasteiger partial charge in [-0.05, 0) is 26.0 Å². The summed E-state index contributed by atoms with van der Waals surface area (Å²) in [4.78, 5) is 34.1. The number of aryl methyl sites for hydroxylation is 2. The van der Waals surface area contributed by atoms with Gasteiger partial charge in [0, 0.05) is 45.5 Å². The first-order valence-corrected chi connectivity index (χ1v) is 9.79. The summed E-state index contributed by atoms with van der Waals surface area (Å²) in [5, 5.41) is 7.27. The Morgan fingerprint density at radius 2 is 1.83 bits per heavy atom. The predicted octanol–water partition coefficient (Wildman–Crippen LogP) is 1.81. The van der Waals surface area contributed by atoms with E-state index in [0.717, 1.165) is 11.4 Å². The normalized spacial score (nSPS) is 14.4. The second-order valence-electron chi connectivity index (χ2n) is 7.14. The minimum Gasteiger partial charge on any atom is -0.339 e. The Labute approximate surface area is 168 Å². The highest BCUT2D eigenvalue weighted by atomic mass is 16.2. The van der Waals surface area contributed by atoms with E-state index in [1.54, 1.807) is 21.2 Å². The van der Waals surface area contributed by atoms with Crippen molar-refractivity contribution < 1.29 is 4.79 Å². The van der Waals surface area contributed by atoms with Gasteiger partial charge in [0.2, 0.25) is 5.95 Å². The monoisotopic (exact) mass is 395 g/mol. The number of amides is 2. The fourth-order valence-electron chi connectivity index (χ4n) is 3.76. The number of urea groups is 1. The molecule has 9 nitrogen and oxygen atoms in total. The van der Waals surface area contributed by atoms with Crippen LogP contribution in [0.1, 0.15) is 12.6 Å². The van der Waals surface area contributed by atoms with Gasteiger partial charge in [-0.1, -0.05) is 18.2 Å². The summed E-state index contributed by atoms with van der Waals surface area (Å²) in [5.41, 5.74) is 2.60. The van der Waals surface area contributed by atoms with Crippen molar-refractivity contribution in [1.82, 2.24) is 24.2 Å². The third-order valence-electron chi connectivity index (χ3n) is 5.28. The van der Waals surface area contributed by atoms with E-state index in [1.807, 2.05) is 44.2 Å². The van der Waals surface area contributed by atoms with Crippen LogP contribution in [0.15, 0.2) is 35.1 Å². The lowest BCUT2D eigenvalue weighted by molar-refractivity contribution is 0.207. The predicted molar refractivity (Wildman–Crippen MR) is 112 cm³/mol. The molecule has 2 aromatic heterocycles. The molecule has 3 aromatic rings. The molecular formula is C20H25N7O2. The Bertz CT molecular complexity index is 1100. The van der Waals surface area contributed by atoms with Crippen LogP contribution in [0.3, 0.4) is 0 Å². The number of benzene rings is 1. The Morgan fingerprint density at radius 1 is 1.14 bits per heavy atom. The summed E-state index contributed by atoms with van der Waals surface area (Å²) in [6.45, 7) is 6.66. The second-order valence-corrected chi connectivity index (χ2v) is 7.14. The summed E-state index contributed by atoms with van der Waals surface area (Å²) in [5.74, 6) is 0.643. The highest BCUT2D eigenvalue weighted by Crippen LogP contribution is 2.19. The Hall–Kier alpha value is -3.36. The van der Waals surface area contributed by atoms with Crippen molar-refractivity contribution >= 4 is 28.7 Å². The quantitative estimate of drug-likeness (QED) is 0.731. The van der Waals surface area contributed by atoms with Gasteiger partial charge in [0.15, 0.2) is 5.52 Å². The van der Waals surface area contributed by atoms with Crippen molar-refractivity contribution in [3.8, 4) is 0 Å². The molecule has 1 aliphatic rings. The van der Waals surface area contributed by atoms with E-state index in [-0.39, 0.29) is 11.6 Å². The van der Waals surface area contributed by atoms with Crippen LogP contribution in [-0.4, -0.2) is 56.4 Å². The highest BCUT2D eigenvalue weighted by molar-refractivity contribution is 5.89. The lowest BCUT2D eigenvalue weighted by Crippen LogP contribution is -2.51. The first-order chi connectivity index (χ1) is 14.0. The zero-order valence-corrected chi connectivity index (χ0v) is 16.9. The van der Waals surface area contributed by atoms with Crippen LogP contribution >= 0.6 is 0 Å². The van der Waals surface area contributed by atoms with E-state index >= 15 is 0 Å². The van der Waals surface area contributed by atoms with Gasteiger partial charge < -0.3 is 15.1 Å². The molecule has 1 N–H and O–H groups in total. The molecule has 1 fully saturated rings. The third-order valence-corrected chi connectivity index (χ3v) is 5.28. The standard InChI is InChI=1S/C20H25N7O2/c1-4-27-18(28)17-16(14(2)23-24(17)3)22-19(27)25-10-12-26(13-11-25)20(29)21-15-8-6-5-7-9-15/h5-9H,4,10-13H2,1-3H3,(H,21,29). The van der Waals surface area contributed by atoms with E-state index in [4.69, 9.17) is 4.98 Å². The van der Waals surface area contributed by atoms with Gasteiger partial charge in [-0.3, -0.25) is 14.0 Å². The van der Waals surface area contributed by atoms with Crippen LogP contribution in [0.5, 0.6) is 0 Å². The number of anilines is 2. The molecule has 0 aliphatic carbocycles. The molecule has 2 amide bonds. The van der Waals surface area contributed by atoms with Crippen molar-refractivity contribution in [3.63, 3.8) is 0 Å². The van der Waals surface area contributed by atoms with Gasteiger partial charge in [0.1, 0.15) is 5.52 Å². The van der Waals surface area contributed by atoms with Gasteiger partial charge in [-0.25, -0.2) is 9.78 Å². The molecule has 0 spiro atoms. The number of hydrogen-bond donors (Lipinski definition) is 1. The average molecular weight is 395 g/mol. The molecule has 152 valence electrons. The Kier molecular flexibility index (Phi) is 4.96. The van der Waals surface area contributed by atoms with Crippen LogP contribution in [0.2, 0.25) is 0 Å². The number of para-hydroxylation sites is 1. The number of fused-ring (bicyclic) bond motifs is 1. The summed E-state index contributed by atoms with van der Waals surface area (Å²) in [7, 11) is 1.77. The summed E-state index contributed by atoms with van der Waals surface area (Å²) in [6, 6.07) is 9.30. The van der Waals surface area contributed by atoms with Gasteiger partial charge >= 0.3 is 6.03 Å². The molecule has 1 saturated heterocycles. The summed E-state index contributed by atoms with van der Waals surface area (Å²) >= 11 is 0. The van der Waals surface area contributed by atoms with E-state index in [2.05, 4.69) is 15.3 Å². The first kappa shape index (κ1) is 19.0. The zero-order valence-electron chi connectivity index (χ0n) is 16.9. The number of nitrogens with zero attached hydrogens (tertiary/aromatic N) is 6. The van der Waals surface area contributed by atoms with Gasteiger partial charge in [0.25, 0.3) is 5.56 Å². The Balaban J connectivity index is 1.54. The summed E-state index contributed by atoms with van der Waals surface area (Å²) in [6.07, 6.45) is 0. The van der Waals surface area contributed by atoms with Crippen LogP contribution < -0.4 is 15.8 Å². The zero-order chi connectivity index (χ0) is 20.5. The smallest absolute Gasteiger partial charge is 0.321 e. The molecule has 0 atom stereocenters. The minimum atomic E-state index is -0.116. The van der Waals surface area contributed by atoms with E-state index < -0.39 is 0 Å². The van der Waals surface area contributed by atoms with Gasteiger partial charge in [0.05, 0.1) is 5.69 Å². The van der Waals surface area contributed by atoms with Crippen LogP contribution in [0.4, 0.5) is 16.4 Å². The van der Waals surface area contributed by atoms with Crippen molar-refractivity contribution in [2.45, 2.75) is 20.4 Å². The number of carbonyl (C=O) groups is 1. The fraction of sp³-hybridized carbons (Fsp3) is 0.400. The van der Waals surface area contributed by atoms with E-state index in [0.29, 0.717) is 49.7 Å². The number of piperazine rings is 1. The molecule has 3 heterocycles. The number of aromatic nitrogens is 4. The van der Waals surface area contributed by atoms with Crippen molar-refractivity contribution in [3.05, 3.63) is 46.4 Å². The van der Waals surface area contributed by atoms with E-state index in [9.17, 15) is 9.59 Å². The maximum absolute atomic E-state index is 13.0. The van der Waals surface area contributed by atoms with Crippen molar-refractivity contribution in [2.24, 2.45) is 7.05 Å². The third kappa shape index (κ3) is 3.43. The molecular weight excluding hydrogens is 370 g/mol. The maximum Gasteiger partial charge on any atom is 0.321 e. The number of rotatable bonds is 3. The minimum absolute atomic E-state index is 0.0835. The molecule has 0 bridgehead atoms. The van der Waals surface area contributed by atoms with Crippen LogP contribution in [0.25, 0.3) is 11.0 Å².